The summed E-state index contributed by atoms with van der Waals surface area (Å²) < 4.78 is 0. The van der Waals surface area contributed by atoms with Crippen LogP contribution in [0.3, 0.4) is 0 Å². The fraction of sp³-hybridized carbons (Fsp3) is 0.406. The van der Waals surface area contributed by atoms with Crippen molar-refractivity contribution in [2.75, 3.05) is 64.3 Å². The molecule has 11 heteroatoms. The number of benzene rings is 2. The highest BCUT2D eigenvalue weighted by Crippen LogP contribution is 2.39. The second kappa shape index (κ2) is 11.7. The molecule has 0 bridgehead atoms. The molecule has 3 aliphatic heterocycles. The number of amides is 1. The van der Waals surface area contributed by atoms with Gasteiger partial charge in [-0.25, -0.2) is 9.97 Å². The number of likely N-dealkylation sites (tertiary alicyclic amines) is 2. The molecule has 2 aromatic carbocycles. The number of piperidine rings is 1. The molecule has 0 radical (unpaired) electrons. The summed E-state index contributed by atoms with van der Waals surface area (Å²) in [6, 6.07) is 12.0. The maximum Gasteiger partial charge on any atom is 0.254 e. The number of nitrogens with zero attached hydrogens (tertiary/aromatic N) is 6. The van der Waals surface area contributed by atoms with Crippen LogP contribution in [-0.2, 0) is 0 Å². The van der Waals surface area contributed by atoms with E-state index in [1.54, 1.807) is 11.1 Å². The lowest BCUT2D eigenvalue weighted by molar-refractivity contribution is 0.00590. The summed E-state index contributed by atoms with van der Waals surface area (Å²) in [5.74, 6) is -0.0748. The zero-order valence-corrected chi connectivity index (χ0v) is 25.7. The number of β-amino-alcohol motifs (C(OH)–C–C–N with tert-alkyl or cyclic N) is 1. The number of hydrogen-bond acceptors (Lipinski definition) is 7. The van der Waals surface area contributed by atoms with E-state index < -0.39 is 6.10 Å². The Bertz CT molecular complexity index is 1610. The molecule has 9 nitrogen and oxygen atoms in total. The molecule has 3 saturated heterocycles. The van der Waals surface area contributed by atoms with E-state index in [9.17, 15) is 9.90 Å². The fourth-order valence-electron chi connectivity index (χ4n) is 6.53. The van der Waals surface area contributed by atoms with Crippen molar-refractivity contribution in [2.45, 2.75) is 25.0 Å². The highest BCUT2D eigenvalue weighted by Gasteiger charge is 2.30. The van der Waals surface area contributed by atoms with Gasteiger partial charge in [0.2, 0.25) is 0 Å². The van der Waals surface area contributed by atoms with Gasteiger partial charge in [0.05, 0.1) is 33.7 Å². The summed E-state index contributed by atoms with van der Waals surface area (Å²) in [5, 5.41) is 10.7. The molecule has 0 unspecified atom stereocenters. The molecule has 7 rings (SSSR count). The van der Waals surface area contributed by atoms with Crippen LogP contribution >= 0.6 is 23.2 Å². The van der Waals surface area contributed by atoms with Crippen molar-refractivity contribution < 1.29 is 9.90 Å². The lowest BCUT2D eigenvalue weighted by Crippen LogP contribution is -2.53. The topological polar surface area (TPSA) is 91.8 Å². The number of carbonyl (C=O) groups excluding carboxylic acids is 1. The number of piperazine rings is 1. The second-order valence-corrected chi connectivity index (χ2v) is 12.8. The molecular formula is C32H35Cl2N7O2. The number of halogens is 2. The molecule has 5 heterocycles. The lowest BCUT2D eigenvalue weighted by atomic mass is 10.0. The molecule has 4 aromatic rings. The molecule has 43 heavy (non-hydrogen) atoms. The van der Waals surface area contributed by atoms with Crippen molar-refractivity contribution >= 4 is 46.0 Å². The fourth-order valence-corrected chi connectivity index (χ4v) is 7.26. The van der Waals surface area contributed by atoms with Gasteiger partial charge in [0, 0.05) is 68.2 Å². The Labute approximate surface area is 261 Å². The zero-order chi connectivity index (χ0) is 29.7. The van der Waals surface area contributed by atoms with E-state index in [0.717, 1.165) is 54.1 Å². The molecule has 2 N–H and O–H groups in total. The molecule has 224 valence electrons. The Hall–Kier alpha value is -3.21. The Balaban J connectivity index is 1.09. The van der Waals surface area contributed by atoms with Crippen LogP contribution in [0.25, 0.3) is 33.5 Å². The van der Waals surface area contributed by atoms with Crippen molar-refractivity contribution in [3.63, 3.8) is 0 Å². The minimum absolute atomic E-state index is 0.0748. The SMILES string of the molecule is CN1CCC(N2CCN(c3c(Cl)cc(-c4cnc5[nH]cc(-c6ccc(C(=O)N7CC(O)C7)cc6)c5n4)cc3Cl)CC2)CC1. The Morgan fingerprint density at radius 2 is 1.63 bits per heavy atom. The highest BCUT2D eigenvalue weighted by atomic mass is 35.5. The highest BCUT2D eigenvalue weighted by molar-refractivity contribution is 6.39. The van der Waals surface area contributed by atoms with E-state index in [1.807, 2.05) is 42.6 Å². The van der Waals surface area contributed by atoms with Crippen LogP contribution in [-0.4, -0.2) is 112 Å². The quantitative estimate of drug-likeness (QED) is 0.336. The van der Waals surface area contributed by atoms with Gasteiger partial charge < -0.3 is 24.8 Å². The lowest BCUT2D eigenvalue weighted by Gasteiger charge is -2.43. The molecular weight excluding hydrogens is 585 g/mol. The average molecular weight is 621 g/mol. The molecule has 0 spiro atoms. The van der Waals surface area contributed by atoms with Gasteiger partial charge in [0.25, 0.3) is 5.91 Å². The van der Waals surface area contributed by atoms with Gasteiger partial charge in [0.1, 0.15) is 5.52 Å². The van der Waals surface area contributed by atoms with E-state index in [2.05, 4.69) is 31.7 Å². The predicted molar refractivity (Wildman–Crippen MR) is 171 cm³/mol. The van der Waals surface area contributed by atoms with Gasteiger partial charge in [-0.15, -0.1) is 0 Å². The van der Waals surface area contributed by atoms with Gasteiger partial charge in [-0.2, -0.15) is 0 Å². The van der Waals surface area contributed by atoms with E-state index in [0.29, 0.717) is 46.1 Å². The average Bonchev–Trinajstić information content (AvgIpc) is 3.43. The van der Waals surface area contributed by atoms with Crippen molar-refractivity contribution in [3.05, 3.63) is 64.4 Å². The molecule has 3 fully saturated rings. The smallest absolute Gasteiger partial charge is 0.254 e. The second-order valence-electron chi connectivity index (χ2n) is 11.9. The number of hydrogen-bond donors (Lipinski definition) is 2. The standard InChI is InChI=1S/C32H35Cl2N7O2/c1-38-8-6-23(7-9-38)39-10-12-40(13-11-39)30-26(33)14-22(15-27(30)34)28-17-36-31-29(37-28)25(16-35-31)20-2-4-21(5-3-20)32(43)41-18-24(42)19-41/h2-5,14-17,23-24,42H,6-13,18-19H2,1H3,(H,35,36). The summed E-state index contributed by atoms with van der Waals surface area (Å²) >= 11 is 13.8. The van der Waals surface area contributed by atoms with Crippen LogP contribution in [0.15, 0.2) is 48.8 Å². The van der Waals surface area contributed by atoms with Gasteiger partial charge in [-0.05, 0) is 62.8 Å². The minimum Gasteiger partial charge on any atom is -0.389 e. The largest absolute Gasteiger partial charge is 0.389 e. The van der Waals surface area contributed by atoms with Gasteiger partial charge in [-0.3, -0.25) is 9.69 Å². The maximum absolute atomic E-state index is 12.6. The number of H-pyrrole nitrogens is 1. The number of aliphatic hydroxyl groups excluding tert-OH is 1. The Morgan fingerprint density at radius 1 is 0.953 bits per heavy atom. The summed E-state index contributed by atoms with van der Waals surface area (Å²) in [6.45, 7) is 6.91. The van der Waals surface area contributed by atoms with Gasteiger partial charge in [-0.1, -0.05) is 35.3 Å². The minimum atomic E-state index is -0.423. The predicted octanol–water partition coefficient (Wildman–Crippen LogP) is 4.63. The normalized spacial score (nSPS) is 19.3. The summed E-state index contributed by atoms with van der Waals surface area (Å²) in [6.07, 6.45) is 5.65. The first-order chi connectivity index (χ1) is 20.8. The number of aromatic nitrogens is 3. The first kappa shape index (κ1) is 28.6. The van der Waals surface area contributed by atoms with Gasteiger partial charge >= 0.3 is 0 Å². The summed E-state index contributed by atoms with van der Waals surface area (Å²) in [4.78, 5) is 34.4. The van der Waals surface area contributed by atoms with Gasteiger partial charge in [0.15, 0.2) is 5.65 Å². The maximum atomic E-state index is 12.6. The van der Waals surface area contributed by atoms with Crippen LogP contribution in [0.2, 0.25) is 10.0 Å². The van der Waals surface area contributed by atoms with Crippen LogP contribution < -0.4 is 4.90 Å². The van der Waals surface area contributed by atoms with Crippen LogP contribution in [0.1, 0.15) is 23.2 Å². The summed E-state index contributed by atoms with van der Waals surface area (Å²) in [7, 11) is 2.20. The number of nitrogens with one attached hydrogen (secondary N) is 1. The van der Waals surface area contributed by atoms with Crippen molar-refractivity contribution in [3.8, 4) is 22.4 Å². The van der Waals surface area contributed by atoms with E-state index in [1.165, 1.54) is 25.9 Å². The van der Waals surface area contributed by atoms with E-state index >= 15 is 0 Å². The third-order valence-electron chi connectivity index (χ3n) is 9.12. The molecule has 0 aliphatic carbocycles. The number of fused-ring (bicyclic) bond motifs is 1. The van der Waals surface area contributed by atoms with Crippen molar-refractivity contribution in [1.82, 2.24) is 29.7 Å². The van der Waals surface area contributed by atoms with Crippen LogP contribution in [0.4, 0.5) is 5.69 Å². The zero-order valence-electron chi connectivity index (χ0n) is 24.1. The number of anilines is 1. The molecule has 2 aromatic heterocycles. The number of carbonyl (C=O) groups is 1. The third kappa shape index (κ3) is 5.60. The Kier molecular flexibility index (Phi) is 7.77. The molecule has 3 aliphatic rings. The van der Waals surface area contributed by atoms with Crippen molar-refractivity contribution in [1.29, 1.82) is 0 Å². The Morgan fingerprint density at radius 3 is 2.28 bits per heavy atom. The van der Waals surface area contributed by atoms with Crippen LogP contribution in [0, 0.1) is 0 Å². The van der Waals surface area contributed by atoms with Crippen molar-refractivity contribution in [2.24, 2.45) is 0 Å². The first-order valence-electron chi connectivity index (χ1n) is 14.9. The van der Waals surface area contributed by atoms with E-state index in [4.69, 9.17) is 28.2 Å². The molecule has 0 saturated carbocycles. The number of rotatable bonds is 5. The molecule has 1 amide bonds. The summed E-state index contributed by atoms with van der Waals surface area (Å²) in [5.41, 5.74) is 6.17. The number of aromatic amines is 1. The molecule has 0 atom stereocenters. The van der Waals surface area contributed by atoms with Crippen LogP contribution in [0.5, 0.6) is 0 Å². The first-order valence-corrected chi connectivity index (χ1v) is 15.7. The monoisotopic (exact) mass is 619 g/mol. The third-order valence-corrected chi connectivity index (χ3v) is 9.70. The number of aliphatic hydroxyl groups is 1. The van der Waals surface area contributed by atoms with E-state index in [-0.39, 0.29) is 5.91 Å².